The lowest BCUT2D eigenvalue weighted by atomic mass is 10.2. The van der Waals surface area contributed by atoms with Crippen LogP contribution in [-0.2, 0) is 13.1 Å². The van der Waals surface area contributed by atoms with Crippen LogP contribution in [0.15, 0.2) is 79.5 Å². The number of carbonyl (C=O) groups is 1. The largest absolute Gasteiger partial charge is 0.345 e. The topological polar surface area (TPSA) is 25.2 Å². The highest BCUT2D eigenvalue weighted by atomic mass is 35.5. The van der Waals surface area contributed by atoms with E-state index in [4.69, 9.17) is 11.6 Å². The fourth-order valence-corrected chi connectivity index (χ4v) is 3.05. The summed E-state index contributed by atoms with van der Waals surface area (Å²) in [7, 11) is 0. The highest BCUT2D eigenvalue weighted by Gasteiger charge is 2.16. The Morgan fingerprint density at radius 1 is 1.15 bits per heavy atom. The van der Waals surface area contributed by atoms with Gasteiger partial charge in [-0.15, -0.1) is 6.58 Å². The molecule has 138 valence electrons. The zero-order chi connectivity index (χ0) is 19.2. The molecule has 3 aromatic rings. The number of amides is 1. The van der Waals surface area contributed by atoms with Crippen molar-refractivity contribution in [1.82, 2.24) is 9.47 Å². The first kappa shape index (κ1) is 18.9. The van der Waals surface area contributed by atoms with Gasteiger partial charge in [-0.05, 0) is 54.1 Å². The number of aromatic nitrogens is 1. The van der Waals surface area contributed by atoms with Crippen LogP contribution in [0.25, 0.3) is 0 Å². The van der Waals surface area contributed by atoms with E-state index in [2.05, 4.69) is 6.58 Å². The smallest absolute Gasteiger partial charge is 0.254 e. The van der Waals surface area contributed by atoms with Crippen LogP contribution in [0.3, 0.4) is 0 Å². The first-order valence-electron chi connectivity index (χ1n) is 8.61. The molecule has 27 heavy (non-hydrogen) atoms. The van der Waals surface area contributed by atoms with Gasteiger partial charge < -0.3 is 9.47 Å². The van der Waals surface area contributed by atoms with Crippen molar-refractivity contribution in [3.8, 4) is 0 Å². The number of benzene rings is 2. The lowest BCUT2D eigenvalue weighted by molar-refractivity contribution is 0.0759. The van der Waals surface area contributed by atoms with Crippen LogP contribution in [0.4, 0.5) is 4.39 Å². The Morgan fingerprint density at radius 2 is 1.93 bits per heavy atom. The molecule has 3 nitrogen and oxygen atoms in total. The summed E-state index contributed by atoms with van der Waals surface area (Å²) in [5.74, 6) is -0.350. The first-order valence-corrected chi connectivity index (χ1v) is 8.99. The van der Waals surface area contributed by atoms with E-state index in [1.54, 1.807) is 41.3 Å². The Labute approximate surface area is 163 Å². The molecular weight excluding hydrogens is 363 g/mol. The number of hydrogen-bond donors (Lipinski definition) is 0. The van der Waals surface area contributed by atoms with Gasteiger partial charge >= 0.3 is 0 Å². The number of halogens is 2. The summed E-state index contributed by atoms with van der Waals surface area (Å²) in [6, 6.07) is 17.2. The molecule has 0 N–H and O–H groups in total. The molecule has 1 aromatic heterocycles. The van der Waals surface area contributed by atoms with Crippen LogP contribution in [0.5, 0.6) is 0 Å². The van der Waals surface area contributed by atoms with E-state index >= 15 is 0 Å². The Morgan fingerprint density at radius 3 is 2.63 bits per heavy atom. The van der Waals surface area contributed by atoms with Crippen molar-refractivity contribution in [3.05, 3.63) is 107 Å². The molecule has 0 aliphatic carbocycles. The van der Waals surface area contributed by atoms with E-state index in [0.717, 1.165) is 11.3 Å². The minimum absolute atomic E-state index is 0.0925. The second kappa shape index (κ2) is 8.69. The minimum atomic E-state index is -0.257. The molecule has 3 rings (SSSR count). The van der Waals surface area contributed by atoms with Gasteiger partial charge in [-0.3, -0.25) is 4.79 Å². The maximum Gasteiger partial charge on any atom is 0.254 e. The highest BCUT2D eigenvalue weighted by Crippen LogP contribution is 2.16. The third-order valence-electron chi connectivity index (χ3n) is 4.25. The fourth-order valence-electron chi connectivity index (χ4n) is 2.92. The molecule has 0 saturated heterocycles. The number of rotatable bonds is 7. The monoisotopic (exact) mass is 382 g/mol. The summed E-state index contributed by atoms with van der Waals surface area (Å²) in [6.45, 7) is 5.14. The molecule has 1 heterocycles. The molecule has 1 amide bonds. The van der Waals surface area contributed by atoms with E-state index in [1.165, 1.54) is 12.1 Å². The Balaban J connectivity index is 1.79. The van der Waals surface area contributed by atoms with Crippen molar-refractivity contribution >= 4 is 17.5 Å². The molecule has 0 atom stereocenters. The Bertz CT molecular complexity index is 933. The van der Waals surface area contributed by atoms with Gasteiger partial charge in [-0.25, -0.2) is 4.39 Å². The van der Waals surface area contributed by atoms with Gasteiger partial charge in [0.05, 0.1) is 6.54 Å². The van der Waals surface area contributed by atoms with Gasteiger partial charge in [0.1, 0.15) is 5.82 Å². The van der Waals surface area contributed by atoms with Crippen molar-refractivity contribution in [1.29, 1.82) is 0 Å². The van der Waals surface area contributed by atoms with Crippen LogP contribution in [0.1, 0.15) is 21.6 Å². The summed E-state index contributed by atoms with van der Waals surface area (Å²) in [5.41, 5.74) is 2.40. The van der Waals surface area contributed by atoms with Gasteiger partial charge in [-0.1, -0.05) is 29.8 Å². The van der Waals surface area contributed by atoms with Crippen molar-refractivity contribution in [2.75, 3.05) is 6.54 Å². The summed E-state index contributed by atoms with van der Waals surface area (Å²) in [5, 5.41) is 0.589. The predicted octanol–water partition coefficient (Wildman–Crippen LogP) is 5.16. The van der Waals surface area contributed by atoms with Crippen molar-refractivity contribution < 1.29 is 9.18 Å². The lowest BCUT2D eigenvalue weighted by Crippen LogP contribution is -2.31. The molecule has 2 aromatic carbocycles. The quantitative estimate of drug-likeness (QED) is 0.518. The van der Waals surface area contributed by atoms with Crippen molar-refractivity contribution in [2.24, 2.45) is 0 Å². The molecule has 0 bridgehead atoms. The van der Waals surface area contributed by atoms with E-state index < -0.39 is 0 Å². The summed E-state index contributed by atoms with van der Waals surface area (Å²) in [6.07, 6.45) is 3.63. The van der Waals surface area contributed by atoms with Crippen molar-refractivity contribution in [3.63, 3.8) is 0 Å². The normalized spacial score (nSPS) is 10.6. The molecule has 0 fully saturated rings. The standard InChI is InChI=1S/C22H20ClFN2O/c1-2-12-26(22(27)18-8-10-19(23)11-9-18)16-21-7-4-13-25(21)15-17-5-3-6-20(24)14-17/h2-11,13-14H,1,12,15-16H2. The molecule has 0 saturated carbocycles. The molecule has 0 unspecified atom stereocenters. The van der Waals surface area contributed by atoms with Gasteiger partial charge in [0, 0.05) is 35.6 Å². The third kappa shape index (κ3) is 4.86. The van der Waals surface area contributed by atoms with Crippen LogP contribution < -0.4 is 0 Å². The fraction of sp³-hybridized carbons (Fsp3) is 0.136. The van der Waals surface area contributed by atoms with Crippen LogP contribution >= 0.6 is 11.6 Å². The zero-order valence-corrected chi connectivity index (χ0v) is 15.6. The maximum atomic E-state index is 13.4. The minimum Gasteiger partial charge on any atom is -0.345 e. The van der Waals surface area contributed by atoms with Crippen LogP contribution in [0, 0.1) is 5.82 Å². The first-order chi connectivity index (χ1) is 13.1. The maximum absolute atomic E-state index is 13.4. The molecule has 5 heteroatoms. The van der Waals surface area contributed by atoms with Crippen LogP contribution in [0.2, 0.25) is 5.02 Å². The number of nitrogens with zero attached hydrogens (tertiary/aromatic N) is 2. The van der Waals surface area contributed by atoms with E-state index in [-0.39, 0.29) is 11.7 Å². The summed E-state index contributed by atoms with van der Waals surface area (Å²) in [4.78, 5) is 14.6. The third-order valence-corrected chi connectivity index (χ3v) is 4.50. The average molecular weight is 383 g/mol. The molecular formula is C22H20ClFN2O. The van der Waals surface area contributed by atoms with E-state index in [0.29, 0.717) is 30.2 Å². The highest BCUT2D eigenvalue weighted by molar-refractivity contribution is 6.30. The van der Waals surface area contributed by atoms with E-state index in [9.17, 15) is 9.18 Å². The average Bonchev–Trinajstić information content (AvgIpc) is 3.08. The van der Waals surface area contributed by atoms with E-state index in [1.807, 2.05) is 29.0 Å². The molecule has 0 aliphatic heterocycles. The predicted molar refractivity (Wildman–Crippen MR) is 106 cm³/mol. The van der Waals surface area contributed by atoms with Crippen LogP contribution in [-0.4, -0.2) is 21.9 Å². The SMILES string of the molecule is C=CCN(Cc1cccn1Cc1cccc(F)c1)C(=O)c1ccc(Cl)cc1. The van der Waals surface area contributed by atoms with Gasteiger partial charge in [0.2, 0.25) is 0 Å². The van der Waals surface area contributed by atoms with Gasteiger partial charge in [0.15, 0.2) is 0 Å². The number of hydrogen-bond acceptors (Lipinski definition) is 1. The second-order valence-corrected chi connectivity index (χ2v) is 6.68. The summed E-state index contributed by atoms with van der Waals surface area (Å²) >= 11 is 5.91. The molecule has 0 spiro atoms. The second-order valence-electron chi connectivity index (χ2n) is 6.24. The Hall–Kier alpha value is -2.85. The molecule has 0 aliphatic rings. The summed E-state index contributed by atoms with van der Waals surface area (Å²) < 4.78 is 15.5. The van der Waals surface area contributed by atoms with Crippen molar-refractivity contribution in [2.45, 2.75) is 13.1 Å². The number of carbonyl (C=O) groups excluding carboxylic acids is 1. The zero-order valence-electron chi connectivity index (χ0n) is 14.8. The Kier molecular flexibility index (Phi) is 6.09. The van der Waals surface area contributed by atoms with Gasteiger partial charge in [-0.2, -0.15) is 0 Å². The van der Waals surface area contributed by atoms with Gasteiger partial charge in [0.25, 0.3) is 5.91 Å². The molecule has 0 radical (unpaired) electrons. The lowest BCUT2D eigenvalue weighted by Gasteiger charge is -2.22.